The van der Waals surface area contributed by atoms with E-state index in [0.29, 0.717) is 5.92 Å². The van der Waals surface area contributed by atoms with Crippen molar-refractivity contribution in [3.63, 3.8) is 0 Å². The molecule has 0 amide bonds. The predicted octanol–water partition coefficient (Wildman–Crippen LogP) is 3.55. The summed E-state index contributed by atoms with van der Waals surface area (Å²) in [6, 6.07) is 6.31. The molecule has 3 rings (SSSR count). The minimum absolute atomic E-state index is 0.130. The van der Waals surface area contributed by atoms with Crippen molar-refractivity contribution in [1.29, 1.82) is 0 Å². The zero-order chi connectivity index (χ0) is 13.2. The molecule has 1 saturated carbocycles. The highest BCUT2D eigenvalue weighted by Crippen LogP contribution is 2.39. The highest BCUT2D eigenvalue weighted by Gasteiger charge is 2.30. The van der Waals surface area contributed by atoms with Gasteiger partial charge in [0.2, 0.25) is 0 Å². The van der Waals surface area contributed by atoms with E-state index < -0.39 is 0 Å². The topological polar surface area (TPSA) is 43.3 Å². The van der Waals surface area contributed by atoms with Gasteiger partial charge in [0.15, 0.2) is 0 Å². The summed E-state index contributed by atoms with van der Waals surface area (Å²) in [5.41, 5.74) is 8.97. The van der Waals surface area contributed by atoms with Crippen LogP contribution in [0, 0.1) is 11.8 Å². The molecule has 0 aromatic carbocycles. The zero-order valence-electron chi connectivity index (χ0n) is 11.6. The first-order valence-corrected chi connectivity index (χ1v) is 7.49. The molecule has 0 spiro atoms. The Bertz CT molecular complexity index is 546. The lowest BCUT2D eigenvalue weighted by Crippen LogP contribution is -2.30. The first kappa shape index (κ1) is 12.7. The molecule has 3 heteroatoms. The largest absolute Gasteiger partial charge is 0.324 e. The van der Waals surface area contributed by atoms with E-state index in [9.17, 15) is 0 Å². The maximum atomic E-state index is 6.59. The molecule has 3 nitrogen and oxygen atoms in total. The van der Waals surface area contributed by atoms with Gasteiger partial charge in [-0.05, 0) is 30.4 Å². The van der Waals surface area contributed by atoms with Crippen molar-refractivity contribution in [3.8, 4) is 0 Å². The van der Waals surface area contributed by atoms with E-state index in [2.05, 4.69) is 24.2 Å². The second-order valence-corrected chi connectivity index (χ2v) is 5.77. The van der Waals surface area contributed by atoms with Crippen molar-refractivity contribution in [1.82, 2.24) is 9.61 Å². The summed E-state index contributed by atoms with van der Waals surface area (Å²) in [4.78, 5) is 0. The highest BCUT2D eigenvalue weighted by molar-refractivity contribution is 5.54. The Hall–Kier alpha value is -1.35. The van der Waals surface area contributed by atoms with Gasteiger partial charge in [-0.3, -0.25) is 0 Å². The monoisotopic (exact) mass is 257 g/mol. The van der Waals surface area contributed by atoms with Crippen LogP contribution in [0.25, 0.3) is 5.52 Å². The Balaban J connectivity index is 1.92. The number of nitrogens with two attached hydrogens (primary N) is 1. The third kappa shape index (κ3) is 2.27. The molecule has 0 radical (unpaired) electrons. The van der Waals surface area contributed by atoms with Crippen LogP contribution in [0.5, 0.6) is 0 Å². The second-order valence-electron chi connectivity index (χ2n) is 5.77. The Morgan fingerprint density at radius 1 is 1.37 bits per heavy atom. The fraction of sp³-hybridized carbons (Fsp3) is 0.562. The quantitative estimate of drug-likeness (QED) is 0.913. The van der Waals surface area contributed by atoms with Crippen molar-refractivity contribution >= 4 is 5.52 Å². The second kappa shape index (κ2) is 5.33. The van der Waals surface area contributed by atoms with Crippen molar-refractivity contribution in [2.75, 3.05) is 0 Å². The van der Waals surface area contributed by atoms with Gasteiger partial charge in [0.1, 0.15) is 0 Å². The van der Waals surface area contributed by atoms with Crippen molar-refractivity contribution < 1.29 is 0 Å². The fourth-order valence-electron chi connectivity index (χ4n) is 3.66. The van der Waals surface area contributed by atoms with Crippen LogP contribution in [0.2, 0.25) is 0 Å². The first-order chi connectivity index (χ1) is 9.31. The lowest BCUT2D eigenvalue weighted by Gasteiger charge is -2.34. The molecule has 0 aliphatic heterocycles. The molecule has 2 N–H and O–H groups in total. The maximum absolute atomic E-state index is 6.59. The van der Waals surface area contributed by atoms with Crippen molar-refractivity contribution in [3.05, 3.63) is 36.2 Å². The number of hydrogen-bond donors (Lipinski definition) is 1. The smallest absolute Gasteiger partial charge is 0.0709 e. The van der Waals surface area contributed by atoms with Gasteiger partial charge in [0, 0.05) is 17.8 Å². The Morgan fingerprint density at radius 2 is 2.21 bits per heavy atom. The molecule has 19 heavy (non-hydrogen) atoms. The first-order valence-electron chi connectivity index (χ1n) is 7.49. The maximum Gasteiger partial charge on any atom is 0.0709 e. The van der Waals surface area contributed by atoms with Gasteiger partial charge in [0.25, 0.3) is 0 Å². The van der Waals surface area contributed by atoms with Crippen LogP contribution in [0.15, 0.2) is 30.6 Å². The summed E-state index contributed by atoms with van der Waals surface area (Å²) < 4.78 is 1.93. The molecule has 3 unspecified atom stereocenters. The summed E-state index contributed by atoms with van der Waals surface area (Å²) in [5, 5.41) is 4.42. The molecule has 3 atom stereocenters. The predicted molar refractivity (Wildman–Crippen MR) is 77.9 cm³/mol. The lowest BCUT2D eigenvalue weighted by molar-refractivity contribution is 0.197. The zero-order valence-corrected chi connectivity index (χ0v) is 11.6. The van der Waals surface area contributed by atoms with E-state index in [1.165, 1.54) is 37.7 Å². The molecule has 1 aliphatic carbocycles. The normalized spacial score (nSPS) is 25.6. The molecular weight excluding hydrogens is 234 g/mol. The van der Waals surface area contributed by atoms with Gasteiger partial charge in [-0.25, -0.2) is 4.52 Å². The molecule has 2 aromatic heterocycles. The van der Waals surface area contributed by atoms with Crippen LogP contribution in [-0.2, 0) is 0 Å². The van der Waals surface area contributed by atoms with E-state index in [-0.39, 0.29) is 6.04 Å². The number of aromatic nitrogens is 2. The van der Waals surface area contributed by atoms with Crippen LogP contribution >= 0.6 is 0 Å². The molecule has 1 fully saturated rings. The van der Waals surface area contributed by atoms with E-state index >= 15 is 0 Å². The SMILES string of the molecule is CCC1CCCCC1C(N)c1cnn2ccccc12. The van der Waals surface area contributed by atoms with E-state index in [0.717, 1.165) is 11.4 Å². The number of nitrogens with zero attached hydrogens (tertiary/aromatic N) is 2. The third-order valence-electron chi connectivity index (χ3n) is 4.77. The molecule has 1 aliphatic rings. The molecular formula is C16H23N3. The van der Waals surface area contributed by atoms with E-state index in [1.54, 1.807) is 0 Å². The van der Waals surface area contributed by atoms with Crippen molar-refractivity contribution in [2.24, 2.45) is 17.6 Å². The van der Waals surface area contributed by atoms with E-state index in [1.807, 2.05) is 23.0 Å². The summed E-state index contributed by atoms with van der Waals surface area (Å²) >= 11 is 0. The average Bonchev–Trinajstić information content (AvgIpc) is 2.90. The van der Waals surface area contributed by atoms with Gasteiger partial charge in [-0.15, -0.1) is 0 Å². The van der Waals surface area contributed by atoms with Crippen LogP contribution in [-0.4, -0.2) is 9.61 Å². The highest BCUT2D eigenvalue weighted by atomic mass is 15.2. The third-order valence-corrected chi connectivity index (χ3v) is 4.77. The molecule has 102 valence electrons. The molecule has 2 heterocycles. The Morgan fingerprint density at radius 3 is 3.05 bits per heavy atom. The van der Waals surface area contributed by atoms with Gasteiger partial charge >= 0.3 is 0 Å². The summed E-state index contributed by atoms with van der Waals surface area (Å²) in [6.45, 7) is 2.30. The molecule has 0 bridgehead atoms. The van der Waals surface area contributed by atoms with Crippen LogP contribution in [0.4, 0.5) is 0 Å². The van der Waals surface area contributed by atoms with Crippen LogP contribution in [0.1, 0.15) is 50.6 Å². The minimum atomic E-state index is 0.130. The minimum Gasteiger partial charge on any atom is -0.324 e. The van der Waals surface area contributed by atoms with Gasteiger partial charge in [-0.2, -0.15) is 5.10 Å². The standard InChI is InChI=1S/C16H23N3/c1-2-12-7-3-4-8-13(12)16(17)14-11-18-19-10-6-5-9-15(14)19/h5-6,9-13,16H,2-4,7-8,17H2,1H3. The average molecular weight is 257 g/mol. The van der Waals surface area contributed by atoms with Gasteiger partial charge in [0.05, 0.1) is 11.7 Å². The van der Waals surface area contributed by atoms with Crippen molar-refractivity contribution in [2.45, 2.75) is 45.1 Å². The number of fused-ring (bicyclic) bond motifs is 1. The Labute approximate surface area is 114 Å². The number of pyridine rings is 1. The fourth-order valence-corrected chi connectivity index (χ4v) is 3.66. The molecule has 2 aromatic rings. The number of hydrogen-bond acceptors (Lipinski definition) is 2. The van der Waals surface area contributed by atoms with Gasteiger partial charge in [-0.1, -0.05) is 38.7 Å². The molecule has 0 saturated heterocycles. The summed E-state index contributed by atoms with van der Waals surface area (Å²) in [6.07, 6.45) is 10.5. The number of rotatable bonds is 3. The van der Waals surface area contributed by atoms with Gasteiger partial charge < -0.3 is 5.73 Å². The van der Waals surface area contributed by atoms with E-state index in [4.69, 9.17) is 5.73 Å². The van der Waals surface area contributed by atoms with Crippen LogP contribution in [0.3, 0.4) is 0 Å². The summed E-state index contributed by atoms with van der Waals surface area (Å²) in [5.74, 6) is 1.40. The summed E-state index contributed by atoms with van der Waals surface area (Å²) in [7, 11) is 0. The van der Waals surface area contributed by atoms with Crippen LogP contribution < -0.4 is 5.73 Å². The Kier molecular flexibility index (Phi) is 3.56. The lowest BCUT2D eigenvalue weighted by atomic mass is 9.73.